The predicted octanol–water partition coefficient (Wildman–Crippen LogP) is 4.30. The third kappa shape index (κ3) is 5.75. The number of thiocarbonyl (C=S) groups is 1. The van der Waals surface area contributed by atoms with Crippen LogP contribution in [0.15, 0.2) is 77.3 Å². The van der Waals surface area contributed by atoms with Gasteiger partial charge in [0.25, 0.3) is 0 Å². The summed E-state index contributed by atoms with van der Waals surface area (Å²) in [6.07, 6.45) is 2.67. The smallest absolute Gasteiger partial charge is 0.335 e. The van der Waals surface area contributed by atoms with E-state index in [1.807, 2.05) is 12.1 Å². The Morgan fingerprint density at radius 3 is 2.36 bits per heavy atom. The molecule has 2 aromatic heterocycles. The number of hydrogen-bond donors (Lipinski definition) is 4. The summed E-state index contributed by atoms with van der Waals surface area (Å²) in [7, 11) is -2.22. The zero-order chi connectivity index (χ0) is 30.2. The number of carboxylic acids is 2. The fourth-order valence-corrected chi connectivity index (χ4v) is 5.64. The molecule has 14 heteroatoms. The first-order valence-corrected chi connectivity index (χ1v) is 14.6. The first-order valence-electron chi connectivity index (χ1n) is 12.3. The second-order valence-corrected chi connectivity index (χ2v) is 11.5. The molecule has 42 heavy (non-hydrogen) atoms. The molecule has 0 unspecified atom stereocenters. The van der Waals surface area contributed by atoms with Crippen LogP contribution in [-0.4, -0.2) is 54.0 Å². The lowest BCUT2D eigenvalue weighted by Crippen LogP contribution is -2.29. The van der Waals surface area contributed by atoms with Gasteiger partial charge in [-0.2, -0.15) is 0 Å². The molecule has 1 aliphatic heterocycles. The van der Waals surface area contributed by atoms with E-state index in [0.717, 1.165) is 12.3 Å². The van der Waals surface area contributed by atoms with Gasteiger partial charge in [0.1, 0.15) is 23.3 Å². The van der Waals surface area contributed by atoms with Crippen LogP contribution in [0.1, 0.15) is 44.3 Å². The lowest BCUT2D eigenvalue weighted by atomic mass is 10.0. The number of hydrogen-bond acceptors (Lipinski definition) is 8. The third-order valence-corrected chi connectivity index (χ3v) is 7.39. The molecule has 4 N–H and O–H groups in total. The maximum atomic E-state index is 12.0. The molecule has 0 bridgehead atoms. The molecular weight excluding hydrogens is 584 g/mol. The number of nitrogens with one attached hydrogen (secondary N) is 2. The highest BCUT2D eigenvalue weighted by molar-refractivity contribution is 7.92. The Hall–Kier alpha value is -4.95. The minimum absolute atomic E-state index is 0.201. The average Bonchev–Trinajstić information content (AvgIpc) is 3.57. The molecule has 3 heterocycles. The summed E-state index contributed by atoms with van der Waals surface area (Å²) in [5.41, 5.74) is 1.22. The van der Waals surface area contributed by atoms with Gasteiger partial charge in [0.15, 0.2) is 5.11 Å². The van der Waals surface area contributed by atoms with Crippen LogP contribution in [-0.2, 0) is 10.0 Å². The summed E-state index contributed by atoms with van der Waals surface area (Å²) in [5, 5.41) is 22.6. The number of carbonyl (C=O) groups is 2. The van der Waals surface area contributed by atoms with Gasteiger partial charge in [0.2, 0.25) is 10.0 Å². The molecule has 0 radical (unpaired) electrons. The van der Waals surface area contributed by atoms with E-state index in [1.165, 1.54) is 19.2 Å². The minimum Gasteiger partial charge on any atom is -0.495 e. The Labute approximate surface area is 245 Å². The van der Waals surface area contributed by atoms with E-state index in [1.54, 1.807) is 47.5 Å². The van der Waals surface area contributed by atoms with Crippen molar-refractivity contribution in [3.05, 3.63) is 95.5 Å². The van der Waals surface area contributed by atoms with Crippen molar-refractivity contribution in [2.45, 2.75) is 12.1 Å². The van der Waals surface area contributed by atoms with Crippen molar-refractivity contribution in [3.63, 3.8) is 0 Å². The fourth-order valence-electron chi connectivity index (χ4n) is 4.73. The number of benzene rings is 2. The Balaban J connectivity index is 1.63. The summed E-state index contributed by atoms with van der Waals surface area (Å²) in [4.78, 5) is 29.6. The summed E-state index contributed by atoms with van der Waals surface area (Å²) < 4.78 is 38.1. The molecule has 1 aliphatic rings. The molecule has 0 saturated carbocycles. The van der Waals surface area contributed by atoms with Crippen molar-refractivity contribution < 1.29 is 37.4 Å². The Morgan fingerprint density at radius 2 is 1.76 bits per heavy atom. The van der Waals surface area contributed by atoms with Crippen LogP contribution < -0.4 is 19.7 Å². The normalized spacial score (nSPS) is 16.6. The first-order chi connectivity index (χ1) is 19.9. The number of aromatic nitrogens is 1. The van der Waals surface area contributed by atoms with Crippen LogP contribution in [0.4, 0.5) is 11.4 Å². The first kappa shape index (κ1) is 28.6. The summed E-state index contributed by atoms with van der Waals surface area (Å²) in [5.74, 6) is -1.62. The lowest BCUT2D eigenvalue weighted by Gasteiger charge is -2.27. The molecule has 2 aromatic carbocycles. The fraction of sp³-hybridized carbons (Fsp3) is 0.143. The molecule has 216 valence electrons. The second-order valence-electron chi connectivity index (χ2n) is 9.37. The van der Waals surface area contributed by atoms with Crippen LogP contribution in [0, 0.1) is 0 Å². The zero-order valence-corrected chi connectivity index (χ0v) is 23.8. The van der Waals surface area contributed by atoms with E-state index < -0.39 is 34.0 Å². The molecule has 0 spiro atoms. The van der Waals surface area contributed by atoms with E-state index in [4.69, 9.17) is 21.4 Å². The molecule has 4 aromatic rings. The Bertz CT molecular complexity index is 1780. The summed E-state index contributed by atoms with van der Waals surface area (Å²) >= 11 is 5.73. The topological polar surface area (TPSA) is 171 Å². The van der Waals surface area contributed by atoms with Crippen LogP contribution >= 0.6 is 12.2 Å². The van der Waals surface area contributed by atoms with Gasteiger partial charge < -0.3 is 29.6 Å². The van der Waals surface area contributed by atoms with Crippen molar-refractivity contribution in [1.29, 1.82) is 0 Å². The van der Waals surface area contributed by atoms with E-state index in [0.29, 0.717) is 28.0 Å². The number of methoxy groups -OCH3 is 1. The van der Waals surface area contributed by atoms with Gasteiger partial charge in [-0.25, -0.2) is 18.0 Å². The SMILES string of the molecule is COc1ccc(N2C(=S)N[C@H](c3ccccn3)[C@@H]2c2ccc(-c3cc(C(=O)O)cc(C(=O)O)c3)o2)cc1NS(C)(=O)=O. The largest absolute Gasteiger partial charge is 0.495 e. The van der Waals surface area contributed by atoms with Crippen LogP contribution in [0.3, 0.4) is 0 Å². The number of anilines is 2. The molecule has 0 aliphatic carbocycles. The van der Waals surface area contributed by atoms with Crippen molar-refractivity contribution in [2.75, 3.05) is 23.0 Å². The van der Waals surface area contributed by atoms with Gasteiger partial charge in [-0.1, -0.05) is 6.07 Å². The van der Waals surface area contributed by atoms with Crippen molar-refractivity contribution in [2.24, 2.45) is 0 Å². The summed E-state index contributed by atoms with van der Waals surface area (Å²) in [6.45, 7) is 0. The van der Waals surface area contributed by atoms with Crippen molar-refractivity contribution in [3.8, 4) is 17.1 Å². The highest BCUT2D eigenvalue weighted by atomic mass is 32.2. The number of rotatable bonds is 9. The predicted molar refractivity (Wildman–Crippen MR) is 157 cm³/mol. The number of carboxylic acid groups (broad SMARTS) is 2. The highest BCUT2D eigenvalue weighted by Crippen LogP contribution is 2.44. The molecule has 1 saturated heterocycles. The van der Waals surface area contributed by atoms with Crippen LogP contribution in [0.25, 0.3) is 11.3 Å². The maximum absolute atomic E-state index is 12.0. The third-order valence-electron chi connectivity index (χ3n) is 6.48. The van der Waals surface area contributed by atoms with Crippen LogP contribution in [0.5, 0.6) is 5.75 Å². The monoisotopic (exact) mass is 608 g/mol. The number of ether oxygens (including phenoxy) is 1. The Kier molecular flexibility index (Phi) is 7.58. The molecule has 12 nitrogen and oxygen atoms in total. The van der Waals surface area contributed by atoms with Gasteiger partial charge in [-0.3, -0.25) is 9.71 Å². The van der Waals surface area contributed by atoms with Gasteiger partial charge in [0, 0.05) is 17.4 Å². The molecule has 5 rings (SSSR count). The molecular formula is C28H24N4O8S2. The standard InChI is InChI=1S/C28H24N4O8S2/c1-39-22-7-6-18(14-20(22)31-42(2,37)38)32-25(24(30-28(32)41)19-5-3-4-10-29-19)23-9-8-21(40-23)15-11-16(26(33)34)13-17(12-15)27(35)36/h3-14,24-25,31H,1-2H3,(H,30,41)(H,33,34)(H,35,36)/t24-,25+/m1/s1. The zero-order valence-electron chi connectivity index (χ0n) is 22.1. The average molecular weight is 609 g/mol. The van der Waals surface area contributed by atoms with E-state index in [-0.39, 0.29) is 28.1 Å². The minimum atomic E-state index is -3.64. The second kappa shape index (κ2) is 11.1. The highest BCUT2D eigenvalue weighted by Gasteiger charge is 2.43. The van der Waals surface area contributed by atoms with Gasteiger partial charge >= 0.3 is 11.9 Å². The summed E-state index contributed by atoms with van der Waals surface area (Å²) in [6, 6.07) is 16.2. The van der Waals surface area contributed by atoms with Gasteiger partial charge in [-0.05, 0) is 72.9 Å². The number of nitrogens with zero attached hydrogens (tertiary/aromatic N) is 2. The lowest BCUT2D eigenvalue weighted by molar-refractivity contribution is 0.0696. The number of furan rings is 1. The molecule has 1 fully saturated rings. The number of aromatic carboxylic acids is 2. The quantitative estimate of drug-likeness (QED) is 0.199. The van der Waals surface area contributed by atoms with Crippen molar-refractivity contribution in [1.82, 2.24) is 10.3 Å². The van der Waals surface area contributed by atoms with E-state index in [2.05, 4.69) is 15.0 Å². The maximum Gasteiger partial charge on any atom is 0.335 e. The van der Waals surface area contributed by atoms with E-state index in [9.17, 15) is 28.2 Å². The van der Waals surface area contributed by atoms with Gasteiger partial charge in [0.05, 0.1) is 41.9 Å². The molecule has 2 atom stereocenters. The number of sulfonamides is 1. The van der Waals surface area contributed by atoms with E-state index >= 15 is 0 Å². The number of pyridine rings is 1. The van der Waals surface area contributed by atoms with Gasteiger partial charge in [-0.15, -0.1) is 0 Å². The Morgan fingerprint density at radius 1 is 1.05 bits per heavy atom. The van der Waals surface area contributed by atoms with Crippen LogP contribution in [0.2, 0.25) is 0 Å². The molecule has 0 amide bonds. The van der Waals surface area contributed by atoms with Crippen molar-refractivity contribution >= 4 is 50.7 Å².